The predicted octanol–water partition coefficient (Wildman–Crippen LogP) is 3.21. The lowest BCUT2D eigenvalue weighted by atomic mass is 9.97. The molecule has 0 unspecified atom stereocenters. The highest BCUT2D eigenvalue weighted by Gasteiger charge is 2.30. The van der Waals surface area contributed by atoms with E-state index in [-0.39, 0.29) is 29.5 Å². The highest BCUT2D eigenvalue weighted by molar-refractivity contribution is 7.89. The predicted molar refractivity (Wildman–Crippen MR) is 136 cm³/mol. The molecule has 0 saturated heterocycles. The minimum absolute atomic E-state index is 0.0144. The summed E-state index contributed by atoms with van der Waals surface area (Å²) in [7, 11) is -3.82. The second-order valence-corrected chi connectivity index (χ2v) is 11.2. The molecule has 0 radical (unpaired) electrons. The topological polar surface area (TPSA) is 123 Å². The van der Waals surface area contributed by atoms with Crippen molar-refractivity contribution in [3.8, 4) is 11.5 Å². The van der Waals surface area contributed by atoms with Crippen LogP contribution >= 0.6 is 0 Å². The van der Waals surface area contributed by atoms with Gasteiger partial charge in [-0.2, -0.15) is 4.31 Å². The molecule has 2 aliphatic heterocycles. The molecule has 1 N–H and O–H groups in total. The second kappa shape index (κ2) is 9.69. The third kappa shape index (κ3) is 4.45. The maximum Gasteiger partial charge on any atom is 0.260 e. The number of anilines is 1. The van der Waals surface area contributed by atoms with E-state index in [1.165, 1.54) is 28.7 Å². The fourth-order valence-electron chi connectivity index (χ4n) is 4.87. The number of fused-ring (bicyclic) bond motifs is 2. The lowest BCUT2D eigenvalue weighted by Crippen LogP contribution is -2.36. The number of aromatic nitrogens is 5. The smallest absolute Gasteiger partial charge is 0.260 e. The van der Waals surface area contributed by atoms with Crippen LogP contribution in [0.2, 0.25) is 0 Å². The van der Waals surface area contributed by atoms with Gasteiger partial charge in [0.2, 0.25) is 0 Å². The van der Waals surface area contributed by atoms with Gasteiger partial charge in [0.15, 0.2) is 10.9 Å². The standard InChI is InChI=1S/C26H24FN7O3S/c27-20-15-17-10-13-33(38(36,37)24-9-1-3-11-28-24)16-18(17)14-19(20)26(35)30-22-7-5-6-21(29-22)25-32-31-23-8-2-4-12-34(23)25/h1,3,5-7,9,11,14-15H,2,4,8,10,12-13,16H2,(H,29,30,35). The lowest BCUT2D eigenvalue weighted by molar-refractivity contribution is 0.102. The van der Waals surface area contributed by atoms with E-state index in [1.54, 1.807) is 30.3 Å². The highest BCUT2D eigenvalue weighted by atomic mass is 32.2. The van der Waals surface area contributed by atoms with E-state index in [1.807, 2.05) is 4.57 Å². The number of halogens is 1. The van der Waals surface area contributed by atoms with Crippen molar-refractivity contribution in [2.24, 2.45) is 0 Å². The Balaban J connectivity index is 1.24. The number of carbonyl (C=O) groups is 1. The summed E-state index contributed by atoms with van der Waals surface area (Å²) >= 11 is 0. The monoisotopic (exact) mass is 533 g/mol. The van der Waals surface area contributed by atoms with Crippen molar-refractivity contribution in [1.82, 2.24) is 29.0 Å². The zero-order valence-electron chi connectivity index (χ0n) is 20.3. The number of nitrogens with one attached hydrogen (secondary N) is 1. The number of hydrogen-bond acceptors (Lipinski definition) is 7. The number of amides is 1. The van der Waals surface area contributed by atoms with Crippen molar-refractivity contribution in [2.75, 3.05) is 11.9 Å². The Kier molecular flexibility index (Phi) is 6.20. The van der Waals surface area contributed by atoms with Gasteiger partial charge in [-0.3, -0.25) is 4.79 Å². The number of benzene rings is 1. The van der Waals surface area contributed by atoms with Crippen molar-refractivity contribution >= 4 is 21.7 Å². The first-order chi connectivity index (χ1) is 18.4. The Hall–Kier alpha value is -4.03. The minimum Gasteiger partial charge on any atom is -0.310 e. The summed E-state index contributed by atoms with van der Waals surface area (Å²) in [5.74, 6) is 0.438. The summed E-state index contributed by atoms with van der Waals surface area (Å²) in [6.07, 6.45) is 4.71. The molecule has 0 fully saturated rings. The third-order valence-corrected chi connectivity index (χ3v) is 8.59. The molecule has 12 heteroatoms. The van der Waals surface area contributed by atoms with Crippen LogP contribution < -0.4 is 5.32 Å². The Morgan fingerprint density at radius 3 is 2.71 bits per heavy atom. The summed E-state index contributed by atoms with van der Waals surface area (Å²) in [4.78, 5) is 21.6. The molecule has 38 heavy (non-hydrogen) atoms. The first kappa shape index (κ1) is 24.3. The number of aryl methyl sites for hydroxylation is 1. The van der Waals surface area contributed by atoms with Gasteiger partial charge in [-0.25, -0.2) is 22.8 Å². The van der Waals surface area contributed by atoms with Gasteiger partial charge in [0.1, 0.15) is 23.2 Å². The van der Waals surface area contributed by atoms with Crippen LogP contribution in [0.3, 0.4) is 0 Å². The fourth-order valence-corrected chi connectivity index (χ4v) is 6.22. The number of rotatable bonds is 5. The zero-order chi connectivity index (χ0) is 26.3. The highest BCUT2D eigenvalue weighted by Crippen LogP contribution is 2.27. The minimum atomic E-state index is -3.82. The van der Waals surface area contributed by atoms with Gasteiger partial charge >= 0.3 is 0 Å². The summed E-state index contributed by atoms with van der Waals surface area (Å²) < 4.78 is 44.4. The van der Waals surface area contributed by atoms with Crippen molar-refractivity contribution in [1.29, 1.82) is 0 Å². The van der Waals surface area contributed by atoms with Crippen LogP contribution in [0, 0.1) is 5.82 Å². The Labute approximate surface area is 218 Å². The first-order valence-corrected chi connectivity index (χ1v) is 13.8. The van der Waals surface area contributed by atoms with E-state index in [0.717, 1.165) is 31.6 Å². The van der Waals surface area contributed by atoms with E-state index < -0.39 is 21.7 Å². The van der Waals surface area contributed by atoms with E-state index in [9.17, 15) is 17.6 Å². The first-order valence-electron chi connectivity index (χ1n) is 12.3. The summed E-state index contributed by atoms with van der Waals surface area (Å²) in [6.45, 7) is 1.02. The maximum absolute atomic E-state index is 15.0. The van der Waals surface area contributed by atoms with Gasteiger partial charge in [0.25, 0.3) is 15.9 Å². The third-order valence-electron chi connectivity index (χ3n) is 6.83. The van der Waals surface area contributed by atoms with E-state index in [4.69, 9.17) is 0 Å². The molecule has 0 atom stereocenters. The number of sulfonamides is 1. The molecule has 0 aliphatic carbocycles. The largest absolute Gasteiger partial charge is 0.310 e. The lowest BCUT2D eigenvalue weighted by Gasteiger charge is -2.28. The Bertz CT molecular complexity index is 1640. The van der Waals surface area contributed by atoms with Crippen LogP contribution in [0.5, 0.6) is 0 Å². The average molecular weight is 534 g/mol. The van der Waals surface area contributed by atoms with E-state index in [0.29, 0.717) is 29.1 Å². The molecule has 6 rings (SSSR count). The van der Waals surface area contributed by atoms with E-state index in [2.05, 4.69) is 25.5 Å². The van der Waals surface area contributed by atoms with Gasteiger partial charge < -0.3 is 9.88 Å². The summed E-state index contributed by atoms with van der Waals surface area (Å²) in [5, 5.41) is 11.1. The van der Waals surface area contributed by atoms with Crippen molar-refractivity contribution in [3.05, 3.63) is 83.1 Å². The van der Waals surface area contributed by atoms with Crippen LogP contribution in [-0.4, -0.2) is 49.9 Å². The molecule has 1 aromatic carbocycles. The van der Waals surface area contributed by atoms with Crippen LogP contribution in [0.1, 0.15) is 40.2 Å². The normalized spacial score (nSPS) is 15.5. The van der Waals surface area contributed by atoms with Gasteiger partial charge in [-0.1, -0.05) is 12.1 Å². The maximum atomic E-state index is 15.0. The molecule has 0 spiro atoms. The molecular weight excluding hydrogens is 509 g/mol. The van der Waals surface area contributed by atoms with Crippen LogP contribution in [0.4, 0.5) is 10.2 Å². The molecule has 4 aromatic rings. The Morgan fingerprint density at radius 1 is 0.974 bits per heavy atom. The number of hydrogen-bond donors (Lipinski definition) is 1. The van der Waals surface area contributed by atoms with Crippen molar-refractivity contribution < 1.29 is 17.6 Å². The molecule has 0 bridgehead atoms. The van der Waals surface area contributed by atoms with Crippen LogP contribution in [0.25, 0.3) is 11.5 Å². The van der Waals surface area contributed by atoms with E-state index >= 15 is 0 Å². The zero-order valence-corrected chi connectivity index (χ0v) is 21.2. The van der Waals surface area contributed by atoms with Crippen LogP contribution in [-0.2, 0) is 36.0 Å². The molecule has 1 amide bonds. The summed E-state index contributed by atoms with van der Waals surface area (Å²) in [5.41, 5.74) is 1.61. The molecule has 5 heterocycles. The average Bonchev–Trinajstić information content (AvgIpc) is 3.37. The second-order valence-electron chi connectivity index (χ2n) is 9.27. The fraction of sp³-hybridized carbons (Fsp3) is 0.269. The SMILES string of the molecule is O=C(Nc1cccc(-c2nnc3n2CCCC3)n1)c1cc2c(cc1F)CCN(S(=O)(=O)c1ccccn1)C2. The van der Waals surface area contributed by atoms with Crippen molar-refractivity contribution in [3.63, 3.8) is 0 Å². The van der Waals surface area contributed by atoms with Gasteiger partial charge in [-0.05, 0) is 66.8 Å². The number of carbonyl (C=O) groups excluding carboxylic acids is 1. The number of nitrogens with zero attached hydrogens (tertiary/aromatic N) is 6. The molecule has 0 saturated carbocycles. The molecule has 10 nitrogen and oxygen atoms in total. The Morgan fingerprint density at radius 2 is 1.87 bits per heavy atom. The van der Waals surface area contributed by atoms with Gasteiger partial charge in [0.05, 0.1) is 5.56 Å². The molecule has 194 valence electrons. The molecule has 2 aliphatic rings. The van der Waals surface area contributed by atoms with Gasteiger partial charge in [0, 0.05) is 32.3 Å². The quantitative estimate of drug-likeness (QED) is 0.418. The molecular formula is C26H24FN7O3S. The number of pyridine rings is 2. The van der Waals surface area contributed by atoms with Crippen molar-refractivity contribution in [2.45, 2.75) is 43.8 Å². The van der Waals surface area contributed by atoms with Crippen LogP contribution in [0.15, 0.2) is 59.8 Å². The summed E-state index contributed by atoms with van der Waals surface area (Å²) in [6, 6.07) is 12.6. The molecule has 3 aromatic heterocycles. The van der Waals surface area contributed by atoms with Gasteiger partial charge in [-0.15, -0.1) is 10.2 Å².